The monoisotopic (exact) mass is 358 g/mol. The minimum atomic E-state index is -4.16. The number of rotatable bonds is 1. The molecule has 0 bridgehead atoms. The smallest absolute Gasteiger partial charge is 0.160 e. The summed E-state index contributed by atoms with van der Waals surface area (Å²) in [4.78, 5) is 0.960. The molecule has 2 rings (SSSR count). The van der Waals surface area contributed by atoms with Crippen LogP contribution >= 0.6 is 28.4 Å². The molecule has 1 heterocycles. The molecule has 0 spiro atoms. The predicted octanol–water partition coefficient (Wildman–Crippen LogP) is 5.48. The number of alkyl halides is 3. The van der Waals surface area contributed by atoms with E-state index < -0.39 is 12.7 Å². The molecule has 88 valence electrons. The van der Waals surface area contributed by atoms with Gasteiger partial charge in [-0.2, -0.15) is 13.2 Å². The highest BCUT2D eigenvalue weighted by Crippen LogP contribution is 2.81. The largest absolute Gasteiger partial charge is 0.441 e. The second kappa shape index (κ2) is 3.94. The van der Waals surface area contributed by atoms with Gasteiger partial charge in [0.05, 0.1) is 0 Å². The van der Waals surface area contributed by atoms with Crippen LogP contribution in [0.25, 0.3) is 6.08 Å². The Morgan fingerprint density at radius 2 is 1.88 bits per heavy atom. The molecule has 0 radical (unpaired) electrons. The number of fused-ring (bicyclic) bond motifs is 1. The lowest BCUT2D eigenvalue weighted by Crippen LogP contribution is -2.15. The van der Waals surface area contributed by atoms with Crippen molar-refractivity contribution >= 4 is 34.5 Å². The summed E-state index contributed by atoms with van der Waals surface area (Å²) in [6.07, 6.45) is 2.15. The number of benzene rings is 1. The van der Waals surface area contributed by atoms with E-state index >= 15 is 0 Å². The Morgan fingerprint density at radius 3 is 2.44 bits per heavy atom. The summed E-state index contributed by atoms with van der Waals surface area (Å²) >= 11 is 1.62. The van der Waals surface area contributed by atoms with E-state index in [0.29, 0.717) is 16.2 Å². The zero-order chi connectivity index (χ0) is 12.0. The van der Waals surface area contributed by atoms with Gasteiger partial charge in [0.15, 0.2) is 0 Å². The van der Waals surface area contributed by atoms with Crippen LogP contribution in [0.5, 0.6) is 0 Å². The minimum absolute atomic E-state index is 0.444. The van der Waals surface area contributed by atoms with Crippen molar-refractivity contribution in [1.29, 1.82) is 0 Å². The van der Waals surface area contributed by atoms with Gasteiger partial charge in [-0.1, -0.05) is 25.1 Å². The average Bonchev–Trinajstić information content (AvgIpc) is 2.53. The van der Waals surface area contributed by atoms with Crippen molar-refractivity contribution in [3.05, 3.63) is 34.7 Å². The van der Waals surface area contributed by atoms with Crippen LogP contribution in [-0.2, 0) is 0 Å². The van der Waals surface area contributed by atoms with Crippen molar-refractivity contribution in [3.8, 4) is 0 Å². The van der Waals surface area contributed by atoms with E-state index in [4.69, 9.17) is 0 Å². The first-order valence-corrected chi connectivity index (χ1v) is 8.97. The lowest BCUT2D eigenvalue weighted by Gasteiger charge is -2.34. The molecular weight excluding hydrogens is 348 g/mol. The number of halogens is 4. The van der Waals surface area contributed by atoms with E-state index in [9.17, 15) is 13.2 Å². The third-order valence-electron chi connectivity index (χ3n) is 2.57. The summed E-state index contributed by atoms with van der Waals surface area (Å²) in [5.74, 6) is 0. The van der Waals surface area contributed by atoms with Crippen LogP contribution in [0.15, 0.2) is 34.1 Å². The van der Waals surface area contributed by atoms with Crippen molar-refractivity contribution < 1.29 is 13.2 Å². The zero-order valence-electron chi connectivity index (χ0n) is 8.51. The molecule has 0 aromatic heterocycles. The van der Waals surface area contributed by atoms with E-state index in [2.05, 4.69) is 0 Å². The molecule has 0 N–H and O–H groups in total. The van der Waals surface area contributed by atoms with Gasteiger partial charge in [-0.05, 0) is 57.4 Å². The first-order valence-electron chi connectivity index (χ1n) is 4.80. The maximum Gasteiger partial charge on any atom is 0.441 e. The molecule has 5 heteroatoms. The second-order valence-electron chi connectivity index (χ2n) is 3.49. The lowest BCUT2D eigenvalue weighted by molar-refractivity contribution is -0.0352. The van der Waals surface area contributed by atoms with E-state index in [0.717, 1.165) is 5.56 Å². The molecule has 1 atom stereocenters. The van der Waals surface area contributed by atoms with E-state index in [1.165, 1.54) is 0 Å². The molecular formula is C11H10F3IS. The SMILES string of the molecule is CCC1=Cc2ccccc2S1(I)C(F)(F)F. The predicted molar refractivity (Wildman–Crippen MR) is 70.6 cm³/mol. The van der Waals surface area contributed by atoms with Crippen molar-refractivity contribution in [2.45, 2.75) is 23.7 Å². The third-order valence-corrected chi connectivity index (χ3v) is 9.93. The van der Waals surface area contributed by atoms with Crippen LogP contribution in [0.3, 0.4) is 0 Å². The lowest BCUT2D eigenvalue weighted by atomic mass is 10.2. The Balaban J connectivity index is 2.65. The molecule has 0 saturated carbocycles. The molecule has 0 saturated heterocycles. The average molecular weight is 358 g/mol. The van der Waals surface area contributed by atoms with Crippen molar-refractivity contribution in [2.24, 2.45) is 0 Å². The van der Waals surface area contributed by atoms with Crippen LogP contribution in [0.4, 0.5) is 13.2 Å². The molecule has 16 heavy (non-hydrogen) atoms. The van der Waals surface area contributed by atoms with Gasteiger partial charge in [-0.15, -0.1) is 0 Å². The molecule has 1 aliphatic heterocycles. The Labute approximate surface area is 106 Å². The van der Waals surface area contributed by atoms with Crippen LogP contribution in [0, 0.1) is 0 Å². The summed E-state index contributed by atoms with van der Waals surface area (Å²) in [6, 6.07) is 6.81. The van der Waals surface area contributed by atoms with Crippen LogP contribution < -0.4 is 0 Å². The van der Waals surface area contributed by atoms with Gasteiger partial charge < -0.3 is 0 Å². The molecule has 1 aromatic rings. The summed E-state index contributed by atoms with van der Waals surface area (Å²) in [7, 11) is -2.84. The fraction of sp³-hybridized carbons (Fsp3) is 0.273. The van der Waals surface area contributed by atoms with Gasteiger partial charge >= 0.3 is 5.51 Å². The Bertz CT molecular complexity index is 453. The first-order chi connectivity index (χ1) is 7.41. The minimum Gasteiger partial charge on any atom is -0.160 e. The molecule has 0 aliphatic carbocycles. The van der Waals surface area contributed by atoms with Crippen LogP contribution in [-0.4, -0.2) is 5.51 Å². The maximum atomic E-state index is 13.2. The third kappa shape index (κ3) is 1.59. The highest BCUT2D eigenvalue weighted by molar-refractivity contribution is 14.2. The number of hydrogen-bond donors (Lipinski definition) is 0. The molecule has 1 unspecified atom stereocenters. The van der Waals surface area contributed by atoms with Crippen molar-refractivity contribution in [1.82, 2.24) is 0 Å². The summed E-state index contributed by atoms with van der Waals surface area (Å²) in [5, 5.41) is 0. The van der Waals surface area contributed by atoms with Gasteiger partial charge in [-0.25, -0.2) is 0 Å². The topological polar surface area (TPSA) is 0 Å². The van der Waals surface area contributed by atoms with E-state index in [1.807, 2.05) is 0 Å². The maximum absolute atomic E-state index is 13.2. The highest BCUT2D eigenvalue weighted by atomic mass is 127. The van der Waals surface area contributed by atoms with Crippen molar-refractivity contribution in [3.63, 3.8) is 0 Å². The Kier molecular flexibility index (Phi) is 3.03. The zero-order valence-corrected chi connectivity index (χ0v) is 11.5. The molecule has 1 aliphatic rings. The summed E-state index contributed by atoms with van der Waals surface area (Å²) < 4.78 is 39.7. The van der Waals surface area contributed by atoms with Gasteiger partial charge in [0.2, 0.25) is 0 Å². The van der Waals surface area contributed by atoms with E-state index in [1.54, 1.807) is 58.5 Å². The fourth-order valence-electron chi connectivity index (χ4n) is 1.83. The Morgan fingerprint density at radius 1 is 1.25 bits per heavy atom. The van der Waals surface area contributed by atoms with Gasteiger partial charge in [0, 0.05) is 4.90 Å². The quantitative estimate of drug-likeness (QED) is 0.583. The van der Waals surface area contributed by atoms with E-state index in [-0.39, 0.29) is 0 Å². The molecule has 0 fully saturated rings. The first kappa shape index (κ1) is 12.3. The van der Waals surface area contributed by atoms with Crippen molar-refractivity contribution in [2.75, 3.05) is 0 Å². The van der Waals surface area contributed by atoms with Crippen LogP contribution in [0.1, 0.15) is 18.9 Å². The number of hydrogen-bond acceptors (Lipinski definition) is 0. The van der Waals surface area contributed by atoms with Gasteiger partial charge in [-0.3, -0.25) is 0 Å². The normalized spacial score (nSPS) is 28.2. The highest BCUT2D eigenvalue weighted by Gasteiger charge is 2.54. The molecule has 1 aromatic carbocycles. The van der Waals surface area contributed by atoms with Gasteiger partial charge in [0.25, 0.3) is 0 Å². The second-order valence-corrected chi connectivity index (χ2v) is 9.95. The summed E-state index contributed by atoms with van der Waals surface area (Å²) in [5.41, 5.74) is -3.44. The van der Waals surface area contributed by atoms with Gasteiger partial charge in [0.1, 0.15) is 0 Å². The molecule has 0 nitrogen and oxygen atoms in total. The fourth-order valence-corrected chi connectivity index (χ4v) is 6.58. The van der Waals surface area contributed by atoms with Crippen LogP contribution in [0.2, 0.25) is 0 Å². The number of allylic oxidation sites excluding steroid dienone is 1. The Hall–Kier alpha value is -0.170. The summed E-state index contributed by atoms with van der Waals surface area (Å²) in [6.45, 7) is 1.78. The standard InChI is InChI=1S/C11H10F3IS/c1-2-9-7-8-5-3-4-6-10(8)16(9,15)11(12,13)14/h3-7H,2H2,1H3. The molecule has 0 amide bonds.